The number of aromatic nitrogens is 2. The van der Waals surface area contributed by atoms with Crippen molar-refractivity contribution < 1.29 is 4.79 Å². The molecule has 6 nitrogen and oxygen atoms in total. The molecule has 2 N–H and O–H groups in total. The summed E-state index contributed by atoms with van der Waals surface area (Å²) in [5.74, 6) is 0.324. The van der Waals surface area contributed by atoms with Gasteiger partial charge in [-0.1, -0.05) is 17.7 Å². The zero-order chi connectivity index (χ0) is 16.8. The van der Waals surface area contributed by atoms with Gasteiger partial charge in [-0.3, -0.25) is 4.79 Å². The summed E-state index contributed by atoms with van der Waals surface area (Å²) in [7, 11) is 3.90. The Kier molecular flexibility index (Phi) is 5.90. The molecule has 0 aliphatic heterocycles. The topological polar surface area (TPSA) is 70.2 Å². The number of benzene rings is 1. The molecule has 0 radical (unpaired) electrons. The molecule has 0 saturated heterocycles. The number of carbonyl (C=O) groups is 1. The van der Waals surface area contributed by atoms with Crippen LogP contribution >= 0.6 is 11.6 Å². The molecule has 2 rings (SSSR count). The fourth-order valence-corrected chi connectivity index (χ4v) is 2.05. The van der Waals surface area contributed by atoms with Crippen molar-refractivity contribution in [2.45, 2.75) is 6.92 Å². The normalized spacial score (nSPS) is 10.7. The average molecular weight is 334 g/mol. The van der Waals surface area contributed by atoms with E-state index in [0.717, 1.165) is 17.8 Å². The van der Waals surface area contributed by atoms with Crippen LogP contribution in [0.2, 0.25) is 5.02 Å². The first-order valence-corrected chi connectivity index (χ1v) is 7.62. The summed E-state index contributed by atoms with van der Waals surface area (Å²) in [6, 6.07) is 5.59. The van der Waals surface area contributed by atoms with Gasteiger partial charge in [0.05, 0.1) is 12.4 Å². The zero-order valence-electron chi connectivity index (χ0n) is 13.4. The van der Waals surface area contributed by atoms with Crippen molar-refractivity contribution in [1.82, 2.24) is 20.2 Å². The molecule has 1 aromatic carbocycles. The first kappa shape index (κ1) is 17.2. The van der Waals surface area contributed by atoms with E-state index in [1.54, 1.807) is 0 Å². The minimum Gasteiger partial charge on any atom is -0.349 e. The number of hydrogen-bond donors (Lipinski definition) is 2. The molecule has 0 spiro atoms. The predicted molar refractivity (Wildman–Crippen MR) is 92.4 cm³/mol. The molecule has 2 aromatic rings. The lowest BCUT2D eigenvalue weighted by Gasteiger charge is -2.11. The smallest absolute Gasteiger partial charge is 0.271 e. The maximum Gasteiger partial charge on any atom is 0.271 e. The van der Waals surface area contributed by atoms with E-state index in [2.05, 4.69) is 20.6 Å². The molecule has 0 saturated carbocycles. The maximum absolute atomic E-state index is 11.9. The van der Waals surface area contributed by atoms with E-state index in [9.17, 15) is 4.79 Å². The van der Waals surface area contributed by atoms with Gasteiger partial charge < -0.3 is 15.5 Å². The molecule has 0 atom stereocenters. The van der Waals surface area contributed by atoms with Gasteiger partial charge in [0, 0.05) is 23.8 Å². The quantitative estimate of drug-likeness (QED) is 0.850. The van der Waals surface area contributed by atoms with Crippen LogP contribution in [0.15, 0.2) is 30.6 Å². The highest BCUT2D eigenvalue weighted by Gasteiger charge is 2.08. The summed E-state index contributed by atoms with van der Waals surface area (Å²) in [4.78, 5) is 22.3. The number of anilines is 2. The molecular formula is C16H20ClN5O. The van der Waals surface area contributed by atoms with Crippen molar-refractivity contribution in [3.63, 3.8) is 0 Å². The molecule has 1 heterocycles. The molecule has 0 aliphatic carbocycles. The summed E-state index contributed by atoms with van der Waals surface area (Å²) in [6.07, 6.45) is 2.98. The second kappa shape index (κ2) is 7.89. The first-order chi connectivity index (χ1) is 11.0. The van der Waals surface area contributed by atoms with Crippen molar-refractivity contribution in [3.8, 4) is 0 Å². The number of likely N-dealkylation sites (N-methyl/N-ethyl adjacent to an activating group) is 1. The molecule has 0 unspecified atom stereocenters. The van der Waals surface area contributed by atoms with Gasteiger partial charge in [-0.25, -0.2) is 9.97 Å². The highest BCUT2D eigenvalue weighted by Crippen LogP contribution is 2.25. The molecular weight excluding hydrogens is 314 g/mol. The third-order valence-electron chi connectivity index (χ3n) is 3.26. The van der Waals surface area contributed by atoms with Gasteiger partial charge in [0.1, 0.15) is 11.5 Å². The Balaban J connectivity index is 1.99. The fraction of sp³-hybridized carbons (Fsp3) is 0.312. The number of hydrogen-bond acceptors (Lipinski definition) is 5. The van der Waals surface area contributed by atoms with Crippen LogP contribution in [0.25, 0.3) is 0 Å². The Morgan fingerprint density at radius 3 is 2.70 bits per heavy atom. The van der Waals surface area contributed by atoms with Crippen LogP contribution in [0, 0.1) is 6.92 Å². The van der Waals surface area contributed by atoms with Gasteiger partial charge in [0.15, 0.2) is 0 Å². The van der Waals surface area contributed by atoms with Crippen molar-refractivity contribution in [2.24, 2.45) is 0 Å². The lowest BCUT2D eigenvalue weighted by atomic mass is 10.2. The van der Waals surface area contributed by atoms with Crippen molar-refractivity contribution in [3.05, 3.63) is 46.9 Å². The lowest BCUT2D eigenvalue weighted by Crippen LogP contribution is -2.31. The molecule has 0 bridgehead atoms. The van der Waals surface area contributed by atoms with E-state index in [0.29, 0.717) is 17.4 Å². The Morgan fingerprint density at radius 2 is 2.04 bits per heavy atom. The van der Waals surface area contributed by atoms with Crippen LogP contribution in [-0.4, -0.2) is 48.0 Å². The second-order valence-electron chi connectivity index (χ2n) is 5.38. The van der Waals surface area contributed by atoms with Gasteiger partial charge in [-0.15, -0.1) is 0 Å². The summed E-state index contributed by atoms with van der Waals surface area (Å²) in [6.45, 7) is 3.26. The van der Waals surface area contributed by atoms with Gasteiger partial charge >= 0.3 is 0 Å². The molecule has 1 amide bonds. The van der Waals surface area contributed by atoms with Crippen molar-refractivity contribution >= 4 is 29.0 Å². The predicted octanol–water partition coefficient (Wildman–Crippen LogP) is 2.47. The zero-order valence-corrected chi connectivity index (χ0v) is 14.2. The highest BCUT2D eigenvalue weighted by molar-refractivity contribution is 6.31. The number of rotatable bonds is 6. The molecule has 23 heavy (non-hydrogen) atoms. The molecule has 7 heteroatoms. The third kappa shape index (κ3) is 4.91. The molecule has 1 aromatic heterocycles. The number of carbonyl (C=O) groups excluding carboxylic acids is 1. The Morgan fingerprint density at radius 1 is 1.26 bits per heavy atom. The number of amides is 1. The maximum atomic E-state index is 11.9. The van der Waals surface area contributed by atoms with Gasteiger partial charge in [-0.05, 0) is 38.7 Å². The average Bonchev–Trinajstić information content (AvgIpc) is 2.52. The van der Waals surface area contributed by atoms with Crippen LogP contribution in [0.4, 0.5) is 11.5 Å². The monoisotopic (exact) mass is 333 g/mol. The van der Waals surface area contributed by atoms with Crippen LogP contribution in [0.3, 0.4) is 0 Å². The fourth-order valence-electron chi connectivity index (χ4n) is 1.87. The first-order valence-electron chi connectivity index (χ1n) is 7.24. The van der Waals surface area contributed by atoms with Crippen LogP contribution in [0.5, 0.6) is 0 Å². The number of nitrogens with one attached hydrogen (secondary N) is 2. The molecule has 122 valence electrons. The summed E-state index contributed by atoms with van der Waals surface area (Å²) >= 11 is 6.09. The van der Waals surface area contributed by atoms with Gasteiger partial charge in [0.25, 0.3) is 5.91 Å². The van der Waals surface area contributed by atoms with Crippen LogP contribution < -0.4 is 10.6 Å². The van der Waals surface area contributed by atoms with E-state index >= 15 is 0 Å². The number of halogens is 1. The van der Waals surface area contributed by atoms with Gasteiger partial charge in [-0.2, -0.15) is 0 Å². The minimum absolute atomic E-state index is 0.232. The Hall–Kier alpha value is -2.18. The lowest BCUT2D eigenvalue weighted by molar-refractivity contribution is 0.0945. The summed E-state index contributed by atoms with van der Waals surface area (Å²) in [5, 5.41) is 6.62. The van der Waals surface area contributed by atoms with Crippen LogP contribution in [0.1, 0.15) is 16.1 Å². The van der Waals surface area contributed by atoms with Gasteiger partial charge in [0.2, 0.25) is 0 Å². The number of nitrogens with zero attached hydrogens (tertiary/aromatic N) is 3. The van der Waals surface area contributed by atoms with E-state index in [4.69, 9.17) is 11.6 Å². The molecule has 0 aliphatic rings. The van der Waals surface area contributed by atoms with Crippen LogP contribution in [-0.2, 0) is 0 Å². The third-order valence-corrected chi connectivity index (χ3v) is 3.67. The second-order valence-corrected chi connectivity index (χ2v) is 5.79. The highest BCUT2D eigenvalue weighted by atomic mass is 35.5. The summed E-state index contributed by atoms with van der Waals surface area (Å²) < 4.78 is 0. The standard InChI is InChI=1S/C16H20ClN5O/c1-11-12(17)5-4-6-13(11)21-15-10-19-14(9-20-15)16(23)18-7-8-22(2)3/h4-6,9-10H,7-8H2,1-3H3,(H,18,23)(H,20,21). The van der Waals surface area contributed by atoms with E-state index in [-0.39, 0.29) is 11.6 Å². The van der Waals surface area contributed by atoms with E-state index in [1.165, 1.54) is 12.4 Å². The van der Waals surface area contributed by atoms with E-state index in [1.807, 2.05) is 44.1 Å². The molecule has 0 fully saturated rings. The van der Waals surface area contributed by atoms with Crippen molar-refractivity contribution in [2.75, 3.05) is 32.5 Å². The van der Waals surface area contributed by atoms with E-state index < -0.39 is 0 Å². The summed E-state index contributed by atoms with van der Waals surface area (Å²) in [5.41, 5.74) is 2.08. The Labute approximate surface area is 140 Å². The van der Waals surface area contributed by atoms with Crippen molar-refractivity contribution in [1.29, 1.82) is 0 Å². The SMILES string of the molecule is Cc1c(Cl)cccc1Nc1cnc(C(=O)NCCN(C)C)cn1. The largest absolute Gasteiger partial charge is 0.349 e. The Bertz CT molecular complexity index is 673. The minimum atomic E-state index is -0.232.